The Morgan fingerprint density at radius 1 is 1.08 bits per heavy atom. The monoisotopic (exact) mass is 350 g/mol. The molecule has 8 heteroatoms. The first-order valence-corrected chi connectivity index (χ1v) is 7.99. The summed E-state index contributed by atoms with van der Waals surface area (Å²) in [6, 6.07) is 14.3. The van der Waals surface area contributed by atoms with Gasteiger partial charge in [0.2, 0.25) is 11.7 Å². The summed E-state index contributed by atoms with van der Waals surface area (Å²) in [5.41, 5.74) is 3.03. The molecule has 1 heterocycles. The SMILES string of the molecule is Cc1ccc(NC(=O)CN(C)C(=O)c2ccc(-c3nn[nH]n3)cc2)cc1. The number of nitrogens with one attached hydrogen (secondary N) is 2. The number of hydrogen-bond donors (Lipinski definition) is 2. The number of amides is 2. The van der Waals surface area contributed by atoms with Gasteiger partial charge in [0, 0.05) is 23.9 Å². The molecular formula is C18H18N6O2. The van der Waals surface area contributed by atoms with Crippen LogP contribution in [0.4, 0.5) is 5.69 Å². The number of carbonyl (C=O) groups is 2. The first-order chi connectivity index (χ1) is 12.5. The van der Waals surface area contributed by atoms with E-state index in [1.807, 2.05) is 31.2 Å². The van der Waals surface area contributed by atoms with Gasteiger partial charge in [0.15, 0.2) is 0 Å². The molecule has 2 aromatic carbocycles. The highest BCUT2D eigenvalue weighted by molar-refractivity contribution is 5.99. The maximum absolute atomic E-state index is 12.5. The van der Waals surface area contributed by atoms with Crippen molar-refractivity contribution in [3.63, 3.8) is 0 Å². The second-order valence-corrected chi connectivity index (χ2v) is 5.89. The van der Waals surface area contributed by atoms with Crippen molar-refractivity contribution < 1.29 is 9.59 Å². The van der Waals surface area contributed by atoms with Crippen molar-refractivity contribution >= 4 is 17.5 Å². The van der Waals surface area contributed by atoms with Gasteiger partial charge in [-0.25, -0.2) is 0 Å². The lowest BCUT2D eigenvalue weighted by molar-refractivity contribution is -0.116. The van der Waals surface area contributed by atoms with E-state index >= 15 is 0 Å². The standard InChI is InChI=1S/C18H18N6O2/c1-12-3-9-15(10-4-12)19-16(25)11-24(2)18(26)14-7-5-13(6-8-14)17-20-22-23-21-17/h3-10H,11H2,1-2H3,(H,19,25)(H,20,21,22,23). The van der Waals surface area contributed by atoms with Crippen molar-refractivity contribution in [3.05, 3.63) is 59.7 Å². The van der Waals surface area contributed by atoms with E-state index in [1.165, 1.54) is 4.90 Å². The lowest BCUT2D eigenvalue weighted by Crippen LogP contribution is -2.34. The molecule has 0 aliphatic rings. The van der Waals surface area contributed by atoms with Crippen LogP contribution in [-0.2, 0) is 4.79 Å². The van der Waals surface area contributed by atoms with Crippen LogP contribution in [0, 0.1) is 6.92 Å². The number of nitrogens with zero attached hydrogens (tertiary/aromatic N) is 4. The van der Waals surface area contributed by atoms with Crippen molar-refractivity contribution in [1.29, 1.82) is 0 Å². The molecule has 3 rings (SSSR count). The number of tetrazole rings is 1. The van der Waals surface area contributed by atoms with Gasteiger partial charge in [0.25, 0.3) is 5.91 Å². The Hall–Kier alpha value is -3.55. The molecule has 0 saturated carbocycles. The van der Waals surface area contributed by atoms with Crippen LogP contribution in [0.5, 0.6) is 0 Å². The highest BCUT2D eigenvalue weighted by Crippen LogP contribution is 2.15. The molecule has 0 spiro atoms. The maximum Gasteiger partial charge on any atom is 0.254 e. The van der Waals surface area contributed by atoms with Crippen LogP contribution in [-0.4, -0.2) is 50.9 Å². The topological polar surface area (TPSA) is 104 Å². The van der Waals surface area contributed by atoms with Crippen molar-refractivity contribution in [1.82, 2.24) is 25.5 Å². The second kappa shape index (κ2) is 7.56. The van der Waals surface area contributed by atoms with Gasteiger partial charge >= 0.3 is 0 Å². The molecule has 0 fully saturated rings. The molecule has 0 saturated heterocycles. The summed E-state index contributed by atoms with van der Waals surface area (Å²) in [6.07, 6.45) is 0. The van der Waals surface area contributed by atoms with E-state index < -0.39 is 0 Å². The lowest BCUT2D eigenvalue weighted by Gasteiger charge is -2.17. The van der Waals surface area contributed by atoms with Crippen molar-refractivity contribution in [2.75, 3.05) is 18.9 Å². The van der Waals surface area contributed by atoms with Gasteiger partial charge in [-0.15, -0.1) is 10.2 Å². The Bertz CT molecular complexity index is 888. The summed E-state index contributed by atoms with van der Waals surface area (Å²) in [5.74, 6) is -0.0494. The predicted molar refractivity (Wildman–Crippen MR) is 96.4 cm³/mol. The van der Waals surface area contributed by atoms with Crippen LogP contribution in [0.1, 0.15) is 15.9 Å². The zero-order valence-electron chi connectivity index (χ0n) is 14.4. The molecule has 0 bridgehead atoms. The third-order valence-electron chi connectivity index (χ3n) is 3.80. The molecule has 8 nitrogen and oxygen atoms in total. The van der Waals surface area contributed by atoms with Gasteiger partial charge in [-0.2, -0.15) is 5.21 Å². The highest BCUT2D eigenvalue weighted by atomic mass is 16.2. The van der Waals surface area contributed by atoms with E-state index in [9.17, 15) is 9.59 Å². The molecule has 0 aliphatic heterocycles. The van der Waals surface area contributed by atoms with E-state index in [0.717, 1.165) is 11.1 Å². The minimum absolute atomic E-state index is 0.0424. The second-order valence-electron chi connectivity index (χ2n) is 5.89. The molecule has 1 aromatic heterocycles. The van der Waals surface area contributed by atoms with Crippen LogP contribution in [0.25, 0.3) is 11.4 Å². The Morgan fingerprint density at radius 2 is 1.77 bits per heavy atom. The van der Waals surface area contributed by atoms with Crippen molar-refractivity contribution in [3.8, 4) is 11.4 Å². The number of hydrogen-bond acceptors (Lipinski definition) is 5. The molecule has 0 aliphatic carbocycles. The van der Waals surface area contributed by atoms with Crippen molar-refractivity contribution in [2.45, 2.75) is 6.92 Å². The van der Waals surface area contributed by atoms with Gasteiger partial charge in [0.05, 0.1) is 6.54 Å². The normalized spacial score (nSPS) is 10.4. The summed E-state index contributed by atoms with van der Waals surface area (Å²) >= 11 is 0. The van der Waals surface area contributed by atoms with E-state index in [0.29, 0.717) is 17.1 Å². The quantitative estimate of drug-likeness (QED) is 0.731. The van der Waals surface area contributed by atoms with E-state index in [-0.39, 0.29) is 18.4 Å². The number of likely N-dealkylation sites (N-methyl/N-ethyl adjacent to an activating group) is 1. The minimum Gasteiger partial charge on any atom is -0.332 e. The van der Waals surface area contributed by atoms with Crippen LogP contribution in [0.2, 0.25) is 0 Å². The average molecular weight is 350 g/mol. The number of anilines is 1. The van der Waals surface area contributed by atoms with Gasteiger partial charge < -0.3 is 10.2 Å². The largest absolute Gasteiger partial charge is 0.332 e. The fraction of sp³-hybridized carbons (Fsp3) is 0.167. The number of aromatic nitrogens is 4. The number of aryl methyl sites for hydroxylation is 1. The summed E-state index contributed by atoms with van der Waals surface area (Å²) in [6.45, 7) is 1.93. The molecule has 2 amide bonds. The number of aromatic amines is 1. The zero-order valence-corrected chi connectivity index (χ0v) is 14.4. The Kier molecular flexibility index (Phi) is 5.02. The first-order valence-electron chi connectivity index (χ1n) is 7.99. The maximum atomic E-state index is 12.5. The summed E-state index contributed by atoms with van der Waals surface area (Å²) < 4.78 is 0. The van der Waals surface area contributed by atoms with Gasteiger partial charge in [-0.1, -0.05) is 29.8 Å². The van der Waals surface area contributed by atoms with E-state index in [2.05, 4.69) is 25.9 Å². The number of H-pyrrole nitrogens is 1. The molecule has 132 valence electrons. The lowest BCUT2D eigenvalue weighted by atomic mass is 10.1. The molecule has 26 heavy (non-hydrogen) atoms. The summed E-state index contributed by atoms with van der Waals surface area (Å²) in [4.78, 5) is 26.0. The zero-order chi connectivity index (χ0) is 18.5. The van der Waals surface area contributed by atoms with Crippen LogP contribution in [0.3, 0.4) is 0 Å². The molecule has 0 atom stereocenters. The smallest absolute Gasteiger partial charge is 0.254 e. The third-order valence-corrected chi connectivity index (χ3v) is 3.80. The van der Waals surface area contributed by atoms with E-state index in [4.69, 9.17) is 0 Å². The summed E-state index contributed by atoms with van der Waals surface area (Å²) in [7, 11) is 1.59. The van der Waals surface area contributed by atoms with Gasteiger partial charge in [-0.05, 0) is 36.4 Å². The highest BCUT2D eigenvalue weighted by Gasteiger charge is 2.15. The number of rotatable bonds is 5. The third kappa shape index (κ3) is 4.10. The summed E-state index contributed by atoms with van der Waals surface area (Å²) in [5, 5.41) is 16.4. The Balaban J connectivity index is 1.60. The van der Waals surface area contributed by atoms with Crippen molar-refractivity contribution in [2.24, 2.45) is 0 Å². The van der Waals surface area contributed by atoms with E-state index in [1.54, 1.807) is 31.3 Å². The minimum atomic E-state index is -0.256. The first kappa shape index (κ1) is 17.3. The predicted octanol–water partition coefficient (Wildman–Crippen LogP) is 1.89. The molecule has 0 radical (unpaired) electrons. The Labute approximate surface area is 150 Å². The van der Waals surface area contributed by atoms with Gasteiger partial charge in [-0.3, -0.25) is 9.59 Å². The Morgan fingerprint density at radius 3 is 2.38 bits per heavy atom. The number of carbonyl (C=O) groups excluding carboxylic acids is 2. The fourth-order valence-corrected chi connectivity index (χ4v) is 2.39. The molecular weight excluding hydrogens is 332 g/mol. The molecule has 2 N–H and O–H groups in total. The average Bonchev–Trinajstić information content (AvgIpc) is 3.18. The van der Waals surface area contributed by atoms with Crippen LogP contribution >= 0.6 is 0 Å². The van der Waals surface area contributed by atoms with Gasteiger partial charge in [0.1, 0.15) is 0 Å². The van der Waals surface area contributed by atoms with Crippen LogP contribution in [0.15, 0.2) is 48.5 Å². The van der Waals surface area contributed by atoms with Crippen LogP contribution < -0.4 is 5.32 Å². The number of benzene rings is 2. The molecule has 0 unspecified atom stereocenters. The molecule has 3 aromatic rings. The fourth-order valence-electron chi connectivity index (χ4n) is 2.39.